The first-order valence-electron chi connectivity index (χ1n) is 8.66. The Bertz CT molecular complexity index is 1020. The van der Waals surface area contributed by atoms with E-state index in [1.807, 2.05) is 0 Å². The predicted molar refractivity (Wildman–Crippen MR) is 103 cm³/mol. The van der Waals surface area contributed by atoms with Gasteiger partial charge in [-0.1, -0.05) is 0 Å². The molecule has 7 nitrogen and oxygen atoms in total. The van der Waals surface area contributed by atoms with Gasteiger partial charge in [0.05, 0.1) is 28.3 Å². The van der Waals surface area contributed by atoms with Crippen LogP contribution in [0.15, 0.2) is 41.3 Å². The first kappa shape index (κ1) is 19.9. The molecule has 0 spiro atoms. The summed E-state index contributed by atoms with van der Waals surface area (Å²) in [5.41, 5.74) is -0.0500. The van der Waals surface area contributed by atoms with E-state index in [2.05, 4.69) is 10.0 Å². The van der Waals surface area contributed by atoms with E-state index >= 15 is 0 Å². The zero-order chi connectivity index (χ0) is 20.5. The molecular weight excluding hydrogens is 387 g/mol. The fourth-order valence-electron chi connectivity index (χ4n) is 2.56. The minimum absolute atomic E-state index is 0.0155. The van der Waals surface area contributed by atoms with E-state index in [1.54, 1.807) is 26.8 Å². The topological polar surface area (TPSA) is 93.7 Å². The molecule has 0 aliphatic carbocycles. The third-order valence-corrected chi connectivity index (χ3v) is 5.58. The monoisotopic (exact) mass is 408 g/mol. The first-order chi connectivity index (χ1) is 13.1. The summed E-state index contributed by atoms with van der Waals surface area (Å²) < 4.78 is 52.3. The van der Waals surface area contributed by atoms with Crippen molar-refractivity contribution in [1.29, 1.82) is 0 Å². The van der Waals surface area contributed by atoms with E-state index in [9.17, 15) is 17.6 Å². The number of benzene rings is 2. The molecule has 0 bridgehead atoms. The number of amides is 1. The second-order valence-electron chi connectivity index (χ2n) is 6.97. The highest BCUT2D eigenvalue weighted by molar-refractivity contribution is 7.92. The Kier molecular flexibility index (Phi) is 5.20. The first-order valence-corrected chi connectivity index (χ1v) is 10.1. The zero-order valence-electron chi connectivity index (χ0n) is 15.7. The number of hydrogen-bond acceptors (Lipinski definition) is 5. The summed E-state index contributed by atoms with van der Waals surface area (Å²) in [5.74, 6) is -0.625. The number of hydrogen-bond donors (Lipinski definition) is 2. The normalized spacial score (nSPS) is 15.6. The molecule has 2 N–H and O–H groups in total. The van der Waals surface area contributed by atoms with Crippen LogP contribution in [0.3, 0.4) is 0 Å². The molecule has 0 radical (unpaired) electrons. The molecule has 1 heterocycles. The summed E-state index contributed by atoms with van der Waals surface area (Å²) >= 11 is 0. The van der Waals surface area contributed by atoms with Crippen molar-refractivity contribution in [3.63, 3.8) is 0 Å². The highest BCUT2D eigenvalue weighted by Crippen LogP contribution is 2.35. The lowest BCUT2D eigenvalue weighted by Crippen LogP contribution is -2.33. The number of rotatable bonds is 5. The van der Waals surface area contributed by atoms with Gasteiger partial charge in [-0.2, -0.15) is 0 Å². The van der Waals surface area contributed by atoms with Gasteiger partial charge in [0.1, 0.15) is 12.4 Å². The Labute approximate surface area is 162 Å². The molecule has 1 aliphatic heterocycles. The number of fused-ring (bicyclic) bond motifs is 1. The van der Waals surface area contributed by atoms with Gasteiger partial charge in [0.15, 0.2) is 11.6 Å². The van der Waals surface area contributed by atoms with Crippen molar-refractivity contribution in [2.45, 2.75) is 25.7 Å². The van der Waals surface area contributed by atoms with Crippen molar-refractivity contribution < 1.29 is 27.1 Å². The smallest absolute Gasteiger partial charge is 0.262 e. The summed E-state index contributed by atoms with van der Waals surface area (Å²) in [6.45, 7) is 5.61. The molecule has 1 aliphatic rings. The van der Waals surface area contributed by atoms with Crippen LogP contribution in [-0.2, 0) is 14.8 Å². The molecule has 1 amide bonds. The van der Waals surface area contributed by atoms with E-state index in [-0.39, 0.29) is 35.5 Å². The maximum Gasteiger partial charge on any atom is 0.262 e. The van der Waals surface area contributed by atoms with Crippen molar-refractivity contribution in [3.05, 3.63) is 42.2 Å². The fraction of sp³-hybridized carbons (Fsp3) is 0.316. The van der Waals surface area contributed by atoms with Gasteiger partial charge in [-0.05, 0) is 51.1 Å². The largest absolute Gasteiger partial charge is 0.491 e. The van der Waals surface area contributed by atoms with Gasteiger partial charge < -0.3 is 14.8 Å². The minimum Gasteiger partial charge on any atom is -0.491 e. The molecule has 0 unspecified atom stereocenters. The quantitative estimate of drug-likeness (QED) is 0.791. The van der Waals surface area contributed by atoms with Crippen LogP contribution in [0.2, 0.25) is 0 Å². The number of anilines is 2. The molecular formula is C19H21FN2O5S. The Balaban J connectivity index is 1.85. The Morgan fingerprint density at radius 3 is 2.68 bits per heavy atom. The van der Waals surface area contributed by atoms with E-state index < -0.39 is 21.3 Å². The summed E-state index contributed by atoms with van der Waals surface area (Å²) in [4.78, 5) is 11.9. The SMILES string of the molecule is CCOc1ccc(S(=O)(=O)Nc2ccc3c(c2)OCC(C)(C)C(=O)N3)cc1F. The Hall–Kier alpha value is -2.81. The van der Waals surface area contributed by atoms with Crippen LogP contribution in [-0.4, -0.2) is 27.5 Å². The lowest BCUT2D eigenvalue weighted by Gasteiger charge is -2.18. The van der Waals surface area contributed by atoms with E-state index in [4.69, 9.17) is 9.47 Å². The number of sulfonamides is 1. The molecule has 28 heavy (non-hydrogen) atoms. The lowest BCUT2D eigenvalue weighted by atomic mass is 9.94. The Morgan fingerprint density at radius 2 is 2.00 bits per heavy atom. The van der Waals surface area contributed by atoms with Gasteiger partial charge in [0.25, 0.3) is 10.0 Å². The number of carbonyl (C=O) groups excluding carboxylic acids is 1. The maximum absolute atomic E-state index is 14.0. The van der Waals surface area contributed by atoms with Crippen LogP contribution in [0.1, 0.15) is 20.8 Å². The molecule has 3 rings (SSSR count). The van der Waals surface area contributed by atoms with Crippen molar-refractivity contribution in [3.8, 4) is 11.5 Å². The summed E-state index contributed by atoms with van der Waals surface area (Å²) in [5, 5.41) is 2.76. The molecule has 150 valence electrons. The summed E-state index contributed by atoms with van der Waals surface area (Å²) in [6.07, 6.45) is 0. The standard InChI is InChI=1S/C19H21FN2O5S/c1-4-26-16-8-6-13(10-14(16)20)28(24,25)22-12-5-7-15-17(9-12)27-11-19(2,3)18(23)21-15/h5-10,22H,4,11H2,1-3H3,(H,21,23). The summed E-state index contributed by atoms with van der Waals surface area (Å²) in [7, 11) is -4.03. The van der Waals surface area contributed by atoms with Crippen LogP contribution >= 0.6 is 0 Å². The van der Waals surface area contributed by atoms with Crippen LogP contribution < -0.4 is 19.5 Å². The highest BCUT2D eigenvalue weighted by Gasteiger charge is 2.32. The fourth-order valence-corrected chi connectivity index (χ4v) is 3.62. The third-order valence-electron chi connectivity index (χ3n) is 4.20. The van der Waals surface area contributed by atoms with Gasteiger partial charge in [0.2, 0.25) is 5.91 Å². The molecule has 0 fully saturated rings. The van der Waals surface area contributed by atoms with Gasteiger partial charge in [-0.25, -0.2) is 12.8 Å². The van der Waals surface area contributed by atoms with E-state index in [0.29, 0.717) is 11.4 Å². The number of carbonyl (C=O) groups is 1. The molecule has 2 aromatic carbocycles. The molecule has 0 atom stereocenters. The van der Waals surface area contributed by atoms with Gasteiger partial charge >= 0.3 is 0 Å². The van der Waals surface area contributed by atoms with Crippen molar-refractivity contribution in [2.75, 3.05) is 23.3 Å². The van der Waals surface area contributed by atoms with E-state index in [0.717, 1.165) is 6.07 Å². The molecule has 0 saturated carbocycles. The molecule has 0 aromatic heterocycles. The Morgan fingerprint density at radius 1 is 1.25 bits per heavy atom. The van der Waals surface area contributed by atoms with Crippen LogP contribution in [0.25, 0.3) is 0 Å². The van der Waals surface area contributed by atoms with Crippen LogP contribution in [0.4, 0.5) is 15.8 Å². The maximum atomic E-state index is 14.0. The minimum atomic E-state index is -4.03. The molecule has 2 aromatic rings. The highest BCUT2D eigenvalue weighted by atomic mass is 32.2. The molecule has 0 saturated heterocycles. The van der Waals surface area contributed by atoms with E-state index in [1.165, 1.54) is 24.3 Å². The number of nitrogens with one attached hydrogen (secondary N) is 2. The predicted octanol–water partition coefficient (Wildman–Crippen LogP) is 3.38. The van der Waals surface area contributed by atoms with Gasteiger partial charge in [-0.15, -0.1) is 0 Å². The van der Waals surface area contributed by atoms with Crippen molar-refractivity contribution in [1.82, 2.24) is 0 Å². The second-order valence-corrected chi connectivity index (χ2v) is 8.65. The average molecular weight is 408 g/mol. The van der Waals surface area contributed by atoms with Crippen molar-refractivity contribution >= 4 is 27.3 Å². The third kappa shape index (κ3) is 4.04. The second kappa shape index (κ2) is 7.31. The molecule has 9 heteroatoms. The van der Waals surface area contributed by atoms with Crippen LogP contribution in [0, 0.1) is 11.2 Å². The number of ether oxygens (including phenoxy) is 2. The average Bonchev–Trinajstić information content (AvgIpc) is 2.73. The van der Waals surface area contributed by atoms with Gasteiger partial charge in [-0.3, -0.25) is 9.52 Å². The van der Waals surface area contributed by atoms with Crippen LogP contribution in [0.5, 0.6) is 11.5 Å². The van der Waals surface area contributed by atoms with Gasteiger partial charge in [0, 0.05) is 6.07 Å². The van der Waals surface area contributed by atoms with Crippen molar-refractivity contribution in [2.24, 2.45) is 5.41 Å². The lowest BCUT2D eigenvalue weighted by molar-refractivity contribution is -0.124. The summed E-state index contributed by atoms with van der Waals surface area (Å²) in [6, 6.07) is 7.94. The number of halogens is 1. The zero-order valence-corrected chi connectivity index (χ0v) is 16.5.